The monoisotopic (exact) mass is 463 g/mol. The Morgan fingerprint density at radius 3 is 2.59 bits per heavy atom. The van der Waals surface area contributed by atoms with E-state index in [1.807, 2.05) is 6.07 Å². The highest BCUT2D eigenvalue weighted by molar-refractivity contribution is 6.14. The fourth-order valence-electron chi connectivity index (χ4n) is 3.94. The van der Waals surface area contributed by atoms with Gasteiger partial charge in [-0.15, -0.1) is 0 Å². The minimum atomic E-state index is -0.761. The summed E-state index contributed by atoms with van der Waals surface area (Å²) < 4.78 is 16.5. The van der Waals surface area contributed by atoms with E-state index in [0.29, 0.717) is 28.6 Å². The molecular weight excluding hydrogens is 434 g/mol. The minimum Gasteiger partial charge on any atom is -0.497 e. The van der Waals surface area contributed by atoms with E-state index in [0.717, 1.165) is 43.6 Å². The smallest absolute Gasteiger partial charge is 0.277 e. The van der Waals surface area contributed by atoms with Crippen LogP contribution >= 0.6 is 0 Å². The van der Waals surface area contributed by atoms with Gasteiger partial charge in [-0.1, -0.05) is 12.5 Å². The quantitative estimate of drug-likeness (QED) is 0.620. The van der Waals surface area contributed by atoms with Gasteiger partial charge >= 0.3 is 0 Å². The summed E-state index contributed by atoms with van der Waals surface area (Å²) in [6.07, 6.45) is 5.01. The zero-order chi connectivity index (χ0) is 24.1. The Labute approximate surface area is 199 Å². The summed E-state index contributed by atoms with van der Waals surface area (Å²) in [4.78, 5) is 31.7. The molecule has 0 spiro atoms. The SMILES string of the molecule is COc1ccc(NC(=O)C(C)Oc2ccc(C=C3N=C4CCCCCN4C3=O)cc2OC)cc1. The number of amidine groups is 1. The minimum absolute atomic E-state index is 0.0555. The summed E-state index contributed by atoms with van der Waals surface area (Å²) in [6, 6.07) is 12.4. The molecule has 0 aliphatic carbocycles. The highest BCUT2D eigenvalue weighted by Crippen LogP contribution is 2.31. The van der Waals surface area contributed by atoms with E-state index in [1.54, 1.807) is 61.4 Å². The van der Waals surface area contributed by atoms with Gasteiger partial charge in [0.05, 0.1) is 14.2 Å². The van der Waals surface area contributed by atoms with Crippen molar-refractivity contribution in [1.29, 1.82) is 0 Å². The van der Waals surface area contributed by atoms with Crippen molar-refractivity contribution in [3.8, 4) is 17.2 Å². The van der Waals surface area contributed by atoms with Crippen LogP contribution in [0.1, 0.15) is 38.2 Å². The van der Waals surface area contributed by atoms with Crippen LogP contribution in [0.2, 0.25) is 0 Å². The molecule has 1 unspecified atom stereocenters. The first-order valence-corrected chi connectivity index (χ1v) is 11.4. The molecule has 2 aliphatic heterocycles. The van der Waals surface area contributed by atoms with Crippen LogP contribution in [-0.2, 0) is 9.59 Å². The normalized spacial score (nSPS) is 17.5. The lowest BCUT2D eigenvalue weighted by Crippen LogP contribution is -2.31. The van der Waals surface area contributed by atoms with E-state index < -0.39 is 6.10 Å². The molecule has 8 heteroatoms. The third-order valence-electron chi connectivity index (χ3n) is 5.83. The summed E-state index contributed by atoms with van der Waals surface area (Å²) in [6.45, 7) is 2.39. The molecule has 0 aromatic heterocycles. The molecule has 1 atom stereocenters. The number of ether oxygens (including phenoxy) is 3. The van der Waals surface area contributed by atoms with Gasteiger partial charge < -0.3 is 19.5 Å². The second-order valence-electron chi connectivity index (χ2n) is 8.21. The molecule has 1 fully saturated rings. The Morgan fingerprint density at radius 1 is 1.06 bits per heavy atom. The van der Waals surface area contributed by atoms with Crippen molar-refractivity contribution in [2.45, 2.75) is 38.7 Å². The Morgan fingerprint density at radius 2 is 1.85 bits per heavy atom. The fourth-order valence-corrected chi connectivity index (χ4v) is 3.94. The van der Waals surface area contributed by atoms with Gasteiger partial charge in [-0.2, -0.15) is 0 Å². The van der Waals surface area contributed by atoms with Gasteiger partial charge in [0.2, 0.25) is 0 Å². The lowest BCUT2D eigenvalue weighted by molar-refractivity contribution is -0.123. The number of carbonyl (C=O) groups is 2. The molecule has 4 rings (SSSR count). The number of methoxy groups -OCH3 is 2. The van der Waals surface area contributed by atoms with Crippen molar-refractivity contribution in [1.82, 2.24) is 4.90 Å². The van der Waals surface area contributed by atoms with E-state index in [2.05, 4.69) is 10.3 Å². The first-order valence-electron chi connectivity index (χ1n) is 11.4. The van der Waals surface area contributed by atoms with Crippen LogP contribution in [0.4, 0.5) is 5.69 Å². The van der Waals surface area contributed by atoms with Crippen molar-refractivity contribution in [2.24, 2.45) is 4.99 Å². The molecule has 178 valence electrons. The number of nitrogens with one attached hydrogen (secondary N) is 1. The number of rotatable bonds is 7. The molecular formula is C26H29N3O5. The first kappa shape index (κ1) is 23.4. The summed E-state index contributed by atoms with van der Waals surface area (Å²) >= 11 is 0. The summed E-state index contributed by atoms with van der Waals surface area (Å²) in [5.74, 6) is 2.11. The summed E-state index contributed by atoms with van der Waals surface area (Å²) in [5.41, 5.74) is 1.84. The number of nitrogens with zero attached hydrogens (tertiary/aromatic N) is 2. The number of aliphatic imine (C=N–C) groups is 1. The third kappa shape index (κ3) is 5.22. The van der Waals surface area contributed by atoms with E-state index in [-0.39, 0.29) is 11.8 Å². The summed E-state index contributed by atoms with van der Waals surface area (Å²) in [7, 11) is 3.12. The lowest BCUT2D eigenvalue weighted by Gasteiger charge is -2.17. The largest absolute Gasteiger partial charge is 0.497 e. The standard InChI is InChI=1S/C26H29N3O5/c1-17(25(30)27-19-9-11-20(32-2)12-10-19)34-22-13-8-18(16-23(22)33-3)15-21-26(31)29-14-6-4-5-7-24(29)28-21/h8-13,15-17H,4-7,14H2,1-3H3,(H,27,30). The van der Waals surface area contributed by atoms with Crippen molar-refractivity contribution in [3.63, 3.8) is 0 Å². The van der Waals surface area contributed by atoms with E-state index in [4.69, 9.17) is 14.2 Å². The molecule has 2 aliphatic rings. The molecule has 0 saturated carbocycles. The zero-order valence-corrected chi connectivity index (χ0v) is 19.7. The number of hydrogen-bond donors (Lipinski definition) is 1. The molecule has 2 aromatic carbocycles. The van der Waals surface area contributed by atoms with E-state index in [1.165, 1.54) is 7.11 Å². The van der Waals surface area contributed by atoms with Crippen LogP contribution in [-0.4, -0.2) is 49.4 Å². The maximum absolute atomic E-state index is 12.8. The van der Waals surface area contributed by atoms with Gasteiger partial charge in [-0.3, -0.25) is 14.5 Å². The Kier molecular flexibility index (Phi) is 7.15. The van der Waals surface area contributed by atoms with Crippen molar-refractivity contribution < 1.29 is 23.8 Å². The highest BCUT2D eigenvalue weighted by atomic mass is 16.5. The van der Waals surface area contributed by atoms with E-state index in [9.17, 15) is 9.59 Å². The van der Waals surface area contributed by atoms with Gasteiger partial charge in [-0.25, -0.2) is 4.99 Å². The number of hydrogen-bond acceptors (Lipinski definition) is 6. The molecule has 34 heavy (non-hydrogen) atoms. The van der Waals surface area contributed by atoms with Gasteiger partial charge in [0.1, 0.15) is 17.3 Å². The van der Waals surface area contributed by atoms with Crippen LogP contribution in [0, 0.1) is 0 Å². The maximum Gasteiger partial charge on any atom is 0.277 e. The van der Waals surface area contributed by atoms with Crippen LogP contribution in [0.15, 0.2) is 53.2 Å². The zero-order valence-electron chi connectivity index (χ0n) is 19.7. The molecule has 0 radical (unpaired) electrons. The average molecular weight is 464 g/mol. The Hall–Kier alpha value is -3.81. The Balaban J connectivity index is 1.45. The highest BCUT2D eigenvalue weighted by Gasteiger charge is 2.30. The average Bonchev–Trinajstić information content (AvgIpc) is 3.00. The number of benzene rings is 2. The molecule has 8 nitrogen and oxygen atoms in total. The fraction of sp³-hybridized carbons (Fsp3) is 0.346. The van der Waals surface area contributed by atoms with E-state index >= 15 is 0 Å². The number of carbonyl (C=O) groups excluding carboxylic acids is 2. The second kappa shape index (κ2) is 10.4. The lowest BCUT2D eigenvalue weighted by atomic mass is 10.1. The van der Waals surface area contributed by atoms with Crippen LogP contribution in [0.5, 0.6) is 17.2 Å². The number of amides is 2. The van der Waals surface area contributed by atoms with Crippen molar-refractivity contribution in [3.05, 3.63) is 53.7 Å². The molecule has 2 aromatic rings. The third-order valence-corrected chi connectivity index (χ3v) is 5.83. The molecule has 1 N–H and O–H groups in total. The molecule has 0 bridgehead atoms. The van der Waals surface area contributed by atoms with Crippen molar-refractivity contribution in [2.75, 3.05) is 26.1 Å². The molecule has 2 amide bonds. The van der Waals surface area contributed by atoms with Crippen LogP contribution in [0.25, 0.3) is 6.08 Å². The molecule has 1 saturated heterocycles. The number of anilines is 1. The van der Waals surface area contributed by atoms with Gasteiger partial charge in [0, 0.05) is 18.7 Å². The van der Waals surface area contributed by atoms with Crippen LogP contribution < -0.4 is 19.5 Å². The van der Waals surface area contributed by atoms with Gasteiger partial charge in [0.25, 0.3) is 11.8 Å². The first-order chi connectivity index (χ1) is 16.5. The Bertz CT molecular complexity index is 1120. The second-order valence-corrected chi connectivity index (χ2v) is 8.21. The maximum atomic E-state index is 12.8. The predicted octanol–water partition coefficient (Wildman–Crippen LogP) is 4.27. The van der Waals surface area contributed by atoms with Gasteiger partial charge in [-0.05, 0) is 67.8 Å². The number of fused-ring (bicyclic) bond motifs is 1. The van der Waals surface area contributed by atoms with Crippen molar-refractivity contribution >= 4 is 29.4 Å². The van der Waals surface area contributed by atoms with Crippen LogP contribution in [0.3, 0.4) is 0 Å². The molecule has 2 heterocycles. The topological polar surface area (TPSA) is 89.5 Å². The summed E-state index contributed by atoms with van der Waals surface area (Å²) in [5, 5.41) is 2.82. The predicted molar refractivity (Wildman–Crippen MR) is 130 cm³/mol. The van der Waals surface area contributed by atoms with Gasteiger partial charge in [0.15, 0.2) is 17.6 Å².